The summed E-state index contributed by atoms with van der Waals surface area (Å²) in [6.45, 7) is 1.74. The zero-order chi connectivity index (χ0) is 13.3. The molecule has 0 saturated heterocycles. The first-order valence-electron chi connectivity index (χ1n) is 5.47. The van der Waals surface area contributed by atoms with Gasteiger partial charge in [-0.05, 0) is 30.0 Å². The van der Waals surface area contributed by atoms with Crippen LogP contribution < -0.4 is 4.74 Å². The van der Waals surface area contributed by atoms with E-state index in [4.69, 9.17) is 9.47 Å². The lowest BCUT2D eigenvalue weighted by Crippen LogP contribution is -2.04. The van der Waals surface area contributed by atoms with E-state index in [1.807, 2.05) is 12.1 Å². The van der Waals surface area contributed by atoms with Gasteiger partial charge in [-0.15, -0.1) is 0 Å². The molecule has 0 aliphatic carbocycles. The molecule has 94 valence electrons. The van der Waals surface area contributed by atoms with Crippen LogP contribution >= 0.6 is 0 Å². The van der Waals surface area contributed by atoms with E-state index in [1.165, 1.54) is 14.2 Å². The molecule has 4 nitrogen and oxygen atoms in total. The Morgan fingerprint density at radius 3 is 2.61 bits per heavy atom. The third-order valence-electron chi connectivity index (χ3n) is 2.90. The van der Waals surface area contributed by atoms with E-state index in [-0.39, 0.29) is 11.3 Å². The summed E-state index contributed by atoms with van der Waals surface area (Å²) < 4.78 is 9.96. The predicted octanol–water partition coefficient (Wildman–Crippen LogP) is 2.65. The number of benzene rings is 2. The summed E-state index contributed by atoms with van der Waals surface area (Å²) in [5.74, 6) is -0.118. The monoisotopic (exact) mass is 246 g/mol. The number of methoxy groups -OCH3 is 2. The van der Waals surface area contributed by atoms with Gasteiger partial charge in [0.05, 0.1) is 14.2 Å². The normalized spacial score (nSPS) is 10.4. The highest BCUT2D eigenvalue weighted by atomic mass is 16.5. The van der Waals surface area contributed by atoms with Crippen LogP contribution in [0.4, 0.5) is 0 Å². The van der Waals surface area contributed by atoms with Crippen LogP contribution in [0.2, 0.25) is 0 Å². The maximum atomic E-state index is 11.8. The third kappa shape index (κ3) is 1.76. The molecule has 0 amide bonds. The highest BCUT2D eigenvalue weighted by molar-refractivity contribution is 6.10. The van der Waals surface area contributed by atoms with Gasteiger partial charge in [0, 0.05) is 5.39 Å². The molecule has 2 aromatic rings. The third-order valence-corrected chi connectivity index (χ3v) is 2.90. The largest absolute Gasteiger partial charge is 0.507 e. The van der Waals surface area contributed by atoms with Crippen molar-refractivity contribution in [2.24, 2.45) is 0 Å². The average Bonchev–Trinajstić information content (AvgIpc) is 2.38. The van der Waals surface area contributed by atoms with E-state index in [2.05, 4.69) is 0 Å². The number of aromatic hydroxyl groups is 1. The van der Waals surface area contributed by atoms with Crippen molar-refractivity contribution in [3.05, 3.63) is 35.4 Å². The fourth-order valence-electron chi connectivity index (χ4n) is 2.02. The van der Waals surface area contributed by atoms with Gasteiger partial charge < -0.3 is 14.6 Å². The van der Waals surface area contributed by atoms with Gasteiger partial charge in [0.1, 0.15) is 17.1 Å². The average molecular weight is 246 g/mol. The molecular formula is C14H14O4. The lowest BCUT2D eigenvalue weighted by atomic mass is 9.99. The number of ether oxygens (including phenoxy) is 2. The summed E-state index contributed by atoms with van der Waals surface area (Å²) >= 11 is 0. The number of esters is 1. The van der Waals surface area contributed by atoms with Crippen LogP contribution in [0.5, 0.6) is 11.5 Å². The number of carbonyl (C=O) groups is 1. The number of rotatable bonds is 2. The molecule has 0 bridgehead atoms. The number of fused-ring (bicyclic) bond motifs is 1. The van der Waals surface area contributed by atoms with E-state index < -0.39 is 5.97 Å². The van der Waals surface area contributed by atoms with Crippen molar-refractivity contribution in [1.82, 2.24) is 0 Å². The molecule has 0 aliphatic heterocycles. The summed E-state index contributed by atoms with van der Waals surface area (Å²) in [5, 5.41) is 11.4. The van der Waals surface area contributed by atoms with Crippen LogP contribution in [0.1, 0.15) is 15.9 Å². The van der Waals surface area contributed by atoms with Gasteiger partial charge in [0.2, 0.25) is 0 Å². The SMILES string of the molecule is COC(=O)c1c(O)c(C)cc2cccc(OC)c12. The Hall–Kier alpha value is -2.23. The van der Waals surface area contributed by atoms with Crippen molar-refractivity contribution in [3.63, 3.8) is 0 Å². The van der Waals surface area contributed by atoms with E-state index in [0.717, 1.165) is 5.39 Å². The molecule has 0 aromatic heterocycles. The maximum absolute atomic E-state index is 11.8. The first-order valence-corrected chi connectivity index (χ1v) is 5.47. The van der Waals surface area contributed by atoms with Crippen LogP contribution in [-0.4, -0.2) is 25.3 Å². The zero-order valence-electron chi connectivity index (χ0n) is 10.5. The number of carbonyl (C=O) groups excluding carboxylic acids is 1. The second-order valence-corrected chi connectivity index (χ2v) is 3.97. The molecule has 2 aromatic carbocycles. The fourth-order valence-corrected chi connectivity index (χ4v) is 2.02. The summed E-state index contributed by atoms with van der Waals surface area (Å²) in [5.41, 5.74) is 0.765. The van der Waals surface area contributed by atoms with Crippen LogP contribution in [0.25, 0.3) is 10.8 Å². The van der Waals surface area contributed by atoms with Crippen LogP contribution in [0, 0.1) is 6.92 Å². The lowest BCUT2D eigenvalue weighted by Gasteiger charge is -2.12. The van der Waals surface area contributed by atoms with Crippen LogP contribution in [0.3, 0.4) is 0 Å². The van der Waals surface area contributed by atoms with Gasteiger partial charge in [-0.3, -0.25) is 0 Å². The molecule has 0 aliphatic rings. The Kier molecular flexibility index (Phi) is 3.10. The smallest absolute Gasteiger partial charge is 0.342 e. The molecule has 0 spiro atoms. The maximum Gasteiger partial charge on any atom is 0.342 e. The Labute approximate surface area is 105 Å². The van der Waals surface area contributed by atoms with E-state index in [9.17, 15) is 9.90 Å². The Morgan fingerprint density at radius 1 is 1.28 bits per heavy atom. The minimum Gasteiger partial charge on any atom is -0.507 e. The summed E-state index contributed by atoms with van der Waals surface area (Å²) in [4.78, 5) is 11.8. The molecule has 0 radical (unpaired) electrons. The summed E-state index contributed by atoms with van der Waals surface area (Å²) in [7, 11) is 2.80. The molecule has 2 rings (SSSR count). The van der Waals surface area contributed by atoms with Crippen molar-refractivity contribution in [3.8, 4) is 11.5 Å². The number of phenolic OH excluding ortho intramolecular Hbond substituents is 1. The number of hydrogen-bond donors (Lipinski definition) is 1. The topological polar surface area (TPSA) is 55.8 Å². The highest BCUT2D eigenvalue weighted by Gasteiger charge is 2.20. The molecule has 0 heterocycles. The summed E-state index contributed by atoms with van der Waals surface area (Å²) in [6.07, 6.45) is 0. The lowest BCUT2D eigenvalue weighted by molar-refractivity contribution is 0.0599. The van der Waals surface area contributed by atoms with Gasteiger partial charge in [-0.1, -0.05) is 12.1 Å². The first kappa shape index (κ1) is 12.2. The van der Waals surface area contributed by atoms with Gasteiger partial charge in [0.25, 0.3) is 0 Å². The minimum atomic E-state index is -0.578. The van der Waals surface area contributed by atoms with Gasteiger partial charge in [-0.25, -0.2) is 4.79 Å². The molecule has 0 atom stereocenters. The van der Waals surface area contributed by atoms with Crippen molar-refractivity contribution < 1.29 is 19.4 Å². The Balaban J connectivity index is 2.94. The molecule has 1 N–H and O–H groups in total. The second-order valence-electron chi connectivity index (χ2n) is 3.97. The molecule has 4 heteroatoms. The molecule has 0 unspecified atom stereocenters. The van der Waals surface area contributed by atoms with Crippen molar-refractivity contribution in [2.75, 3.05) is 14.2 Å². The van der Waals surface area contributed by atoms with Crippen molar-refractivity contribution in [1.29, 1.82) is 0 Å². The fraction of sp³-hybridized carbons (Fsp3) is 0.214. The van der Waals surface area contributed by atoms with Crippen molar-refractivity contribution >= 4 is 16.7 Å². The number of hydrogen-bond acceptors (Lipinski definition) is 4. The van der Waals surface area contributed by atoms with Gasteiger partial charge in [0.15, 0.2) is 0 Å². The first-order chi connectivity index (χ1) is 8.60. The molecular weight excluding hydrogens is 232 g/mol. The minimum absolute atomic E-state index is 0.0705. The van der Waals surface area contributed by atoms with Crippen molar-refractivity contribution in [2.45, 2.75) is 6.92 Å². The number of phenols is 1. The molecule has 0 fully saturated rings. The zero-order valence-corrected chi connectivity index (χ0v) is 10.5. The van der Waals surface area contributed by atoms with E-state index in [1.54, 1.807) is 19.1 Å². The summed E-state index contributed by atoms with van der Waals surface area (Å²) in [6, 6.07) is 7.23. The van der Waals surface area contributed by atoms with E-state index >= 15 is 0 Å². The standard InChI is InChI=1S/C14H14O4/c1-8-7-9-5-4-6-10(17-2)11(9)12(13(8)15)14(16)18-3/h4-7,15H,1-3H3. The molecule has 0 saturated carbocycles. The van der Waals surface area contributed by atoms with Gasteiger partial charge >= 0.3 is 5.97 Å². The van der Waals surface area contributed by atoms with E-state index in [0.29, 0.717) is 16.7 Å². The Morgan fingerprint density at radius 2 is 2.00 bits per heavy atom. The predicted molar refractivity (Wildman–Crippen MR) is 68.2 cm³/mol. The number of aryl methyl sites for hydroxylation is 1. The Bertz CT molecular complexity index is 617. The molecule has 18 heavy (non-hydrogen) atoms. The van der Waals surface area contributed by atoms with Crippen LogP contribution in [-0.2, 0) is 4.74 Å². The highest BCUT2D eigenvalue weighted by Crippen LogP contribution is 2.36. The van der Waals surface area contributed by atoms with Crippen LogP contribution in [0.15, 0.2) is 24.3 Å². The van der Waals surface area contributed by atoms with Gasteiger partial charge in [-0.2, -0.15) is 0 Å². The second kappa shape index (κ2) is 4.56. The quantitative estimate of drug-likeness (QED) is 0.828.